The number of hydrogen-bond donors (Lipinski definition) is 1. The molecule has 0 bridgehead atoms. The molecule has 0 aromatic heterocycles. The lowest BCUT2D eigenvalue weighted by molar-refractivity contribution is -0.134. The molecule has 1 amide bonds. The Labute approximate surface area is 185 Å². The van der Waals surface area contributed by atoms with Crippen LogP contribution < -0.4 is 5.32 Å². The van der Waals surface area contributed by atoms with Gasteiger partial charge in [-0.2, -0.15) is 0 Å². The number of rotatable bonds is 7. The molecule has 1 N–H and O–H groups in total. The first kappa shape index (κ1) is 22.0. The minimum absolute atomic E-state index is 0.0294. The van der Waals surface area contributed by atoms with Crippen LogP contribution in [0.25, 0.3) is 11.1 Å². The molecule has 2 aromatic rings. The van der Waals surface area contributed by atoms with Crippen molar-refractivity contribution in [1.82, 2.24) is 10.2 Å². The smallest absolute Gasteiger partial charge is 0.237 e. The number of sulfone groups is 1. The maximum absolute atomic E-state index is 13.2. The summed E-state index contributed by atoms with van der Waals surface area (Å²) >= 11 is 0. The zero-order valence-corrected chi connectivity index (χ0v) is 19.0. The topological polar surface area (TPSA) is 66.5 Å². The molecule has 5 nitrogen and oxygen atoms in total. The fourth-order valence-electron chi connectivity index (χ4n) is 4.93. The normalized spacial score (nSPS) is 21.8. The zero-order valence-electron chi connectivity index (χ0n) is 18.2. The average Bonchev–Trinajstić information content (AvgIpc) is 3.43. The van der Waals surface area contributed by atoms with Crippen LogP contribution >= 0.6 is 0 Å². The average molecular weight is 441 g/mol. The summed E-state index contributed by atoms with van der Waals surface area (Å²) in [5, 5.41) is 3.37. The number of carbonyl (C=O) groups is 1. The molecule has 1 saturated heterocycles. The molecule has 1 aliphatic carbocycles. The summed E-state index contributed by atoms with van der Waals surface area (Å²) < 4.78 is 24.0. The van der Waals surface area contributed by atoms with Crippen molar-refractivity contribution < 1.29 is 13.2 Å². The van der Waals surface area contributed by atoms with Crippen molar-refractivity contribution in [2.75, 3.05) is 18.1 Å². The van der Waals surface area contributed by atoms with E-state index in [-0.39, 0.29) is 42.1 Å². The summed E-state index contributed by atoms with van der Waals surface area (Å²) in [4.78, 5) is 15.1. The van der Waals surface area contributed by atoms with Gasteiger partial charge in [0, 0.05) is 18.1 Å². The van der Waals surface area contributed by atoms with E-state index in [0.717, 1.165) is 31.2 Å². The van der Waals surface area contributed by atoms with Crippen LogP contribution in [0.15, 0.2) is 54.6 Å². The number of nitrogens with zero attached hydrogens (tertiary/aromatic N) is 1. The van der Waals surface area contributed by atoms with Crippen LogP contribution in [0, 0.1) is 0 Å². The molecule has 4 rings (SSSR count). The monoisotopic (exact) mass is 440 g/mol. The van der Waals surface area contributed by atoms with E-state index >= 15 is 0 Å². The van der Waals surface area contributed by atoms with E-state index in [2.05, 4.69) is 48.6 Å². The zero-order chi connectivity index (χ0) is 21.8. The second kappa shape index (κ2) is 9.53. The number of amides is 1. The summed E-state index contributed by atoms with van der Waals surface area (Å²) in [7, 11) is -3.02. The summed E-state index contributed by atoms with van der Waals surface area (Å²) in [6, 6.07) is 18.7. The largest absolute Gasteiger partial charge is 0.335 e. The second-order valence-electron chi connectivity index (χ2n) is 8.89. The van der Waals surface area contributed by atoms with Crippen molar-refractivity contribution in [3.63, 3.8) is 0 Å². The van der Waals surface area contributed by atoms with Crippen LogP contribution in [0.5, 0.6) is 0 Å². The van der Waals surface area contributed by atoms with Crippen molar-refractivity contribution in [3.05, 3.63) is 60.2 Å². The molecule has 1 heterocycles. The summed E-state index contributed by atoms with van der Waals surface area (Å²) in [6.07, 6.45) is 4.77. The number of hydrogen-bond acceptors (Lipinski definition) is 4. The second-order valence-corrected chi connectivity index (χ2v) is 11.1. The fourth-order valence-corrected chi connectivity index (χ4v) is 6.64. The Morgan fingerprint density at radius 2 is 1.61 bits per heavy atom. The van der Waals surface area contributed by atoms with Crippen molar-refractivity contribution >= 4 is 15.7 Å². The Balaban J connectivity index is 1.39. The third-order valence-electron chi connectivity index (χ3n) is 6.69. The lowest BCUT2D eigenvalue weighted by Gasteiger charge is -2.34. The van der Waals surface area contributed by atoms with Gasteiger partial charge in [-0.05, 0) is 42.9 Å². The van der Waals surface area contributed by atoms with Gasteiger partial charge in [0.2, 0.25) is 5.91 Å². The predicted octanol–water partition coefficient (Wildman–Crippen LogP) is 3.96. The van der Waals surface area contributed by atoms with Crippen molar-refractivity contribution in [3.8, 4) is 11.1 Å². The van der Waals surface area contributed by atoms with Crippen LogP contribution in [0.3, 0.4) is 0 Å². The third kappa shape index (κ3) is 5.36. The van der Waals surface area contributed by atoms with Crippen LogP contribution in [-0.2, 0) is 14.6 Å². The molecule has 166 valence electrons. The molecule has 31 heavy (non-hydrogen) atoms. The highest BCUT2D eigenvalue weighted by molar-refractivity contribution is 7.91. The first-order valence-electron chi connectivity index (χ1n) is 11.3. The minimum atomic E-state index is -3.02. The highest BCUT2D eigenvalue weighted by Crippen LogP contribution is 2.29. The van der Waals surface area contributed by atoms with Gasteiger partial charge in [-0.1, -0.05) is 67.4 Å². The van der Waals surface area contributed by atoms with Crippen LogP contribution in [0.1, 0.15) is 50.6 Å². The molecule has 0 unspecified atom stereocenters. The van der Waals surface area contributed by atoms with E-state index in [9.17, 15) is 13.2 Å². The molecule has 2 atom stereocenters. The van der Waals surface area contributed by atoms with Crippen LogP contribution in [0.4, 0.5) is 0 Å². The van der Waals surface area contributed by atoms with Gasteiger partial charge in [-0.15, -0.1) is 0 Å². The minimum Gasteiger partial charge on any atom is -0.335 e. The van der Waals surface area contributed by atoms with Gasteiger partial charge in [0.05, 0.1) is 18.1 Å². The molecular formula is C25H32N2O3S. The maximum Gasteiger partial charge on any atom is 0.237 e. The Morgan fingerprint density at radius 1 is 0.968 bits per heavy atom. The van der Waals surface area contributed by atoms with E-state index in [0.29, 0.717) is 6.42 Å². The van der Waals surface area contributed by atoms with E-state index in [4.69, 9.17) is 0 Å². The van der Waals surface area contributed by atoms with Gasteiger partial charge < -0.3 is 10.2 Å². The number of nitrogens with one attached hydrogen (secondary N) is 1. The summed E-state index contributed by atoms with van der Waals surface area (Å²) in [5.41, 5.74) is 3.48. The van der Waals surface area contributed by atoms with E-state index in [1.54, 1.807) is 0 Å². The van der Waals surface area contributed by atoms with Crippen molar-refractivity contribution in [2.45, 2.75) is 57.2 Å². The van der Waals surface area contributed by atoms with Crippen LogP contribution in [-0.4, -0.2) is 49.4 Å². The molecule has 1 saturated carbocycles. The molecule has 2 fully saturated rings. The first-order chi connectivity index (χ1) is 14.9. The highest BCUT2D eigenvalue weighted by Gasteiger charge is 2.38. The number of carbonyl (C=O) groups excluding carboxylic acids is 1. The molecule has 0 radical (unpaired) electrons. The van der Waals surface area contributed by atoms with E-state index in [1.807, 2.05) is 23.1 Å². The van der Waals surface area contributed by atoms with Gasteiger partial charge in [-0.25, -0.2) is 8.42 Å². The van der Waals surface area contributed by atoms with Gasteiger partial charge >= 0.3 is 0 Å². The summed E-state index contributed by atoms with van der Waals surface area (Å²) in [6.45, 7) is 2.29. The first-order valence-corrected chi connectivity index (χ1v) is 13.2. The fraction of sp³-hybridized carbons (Fsp3) is 0.480. The predicted molar refractivity (Wildman–Crippen MR) is 124 cm³/mol. The van der Waals surface area contributed by atoms with Gasteiger partial charge in [-0.3, -0.25) is 4.79 Å². The van der Waals surface area contributed by atoms with Crippen LogP contribution in [0.2, 0.25) is 0 Å². The molecule has 1 aliphatic heterocycles. The molecule has 2 aliphatic rings. The standard InChI is InChI=1S/C25H32N2O3S/c1-19(20-11-13-22(14-12-20)21-7-3-2-4-8-21)26-17-25(28)27(23-9-5-6-10-23)24-15-16-31(29,30)18-24/h2-4,7-8,11-14,19,23-24,26H,5-6,9-10,15-18H2,1H3/t19-,24+/m0/s1. The Hall–Kier alpha value is -2.18. The van der Waals surface area contributed by atoms with E-state index < -0.39 is 9.84 Å². The number of benzene rings is 2. The highest BCUT2D eigenvalue weighted by atomic mass is 32.2. The summed E-state index contributed by atoms with van der Waals surface area (Å²) in [5.74, 6) is 0.346. The Morgan fingerprint density at radius 3 is 2.23 bits per heavy atom. The quantitative estimate of drug-likeness (QED) is 0.708. The van der Waals surface area contributed by atoms with E-state index in [1.165, 1.54) is 11.1 Å². The molecular weight excluding hydrogens is 408 g/mol. The van der Waals surface area contributed by atoms with Gasteiger partial charge in [0.25, 0.3) is 0 Å². The Bertz CT molecular complexity index is 983. The van der Waals surface area contributed by atoms with Gasteiger partial charge in [0.1, 0.15) is 0 Å². The lowest BCUT2D eigenvalue weighted by Crippen LogP contribution is -2.50. The molecule has 0 spiro atoms. The Kier molecular flexibility index (Phi) is 6.77. The molecule has 6 heteroatoms. The third-order valence-corrected chi connectivity index (χ3v) is 8.44. The maximum atomic E-state index is 13.2. The van der Waals surface area contributed by atoms with Gasteiger partial charge in [0.15, 0.2) is 9.84 Å². The lowest BCUT2D eigenvalue weighted by atomic mass is 10.0. The van der Waals surface area contributed by atoms with Crippen molar-refractivity contribution in [1.29, 1.82) is 0 Å². The molecule has 2 aromatic carbocycles. The SMILES string of the molecule is C[C@H](NCC(=O)N(C1CCCC1)[C@@H]1CCS(=O)(=O)C1)c1ccc(-c2ccccc2)cc1. The van der Waals surface area contributed by atoms with Crippen molar-refractivity contribution in [2.24, 2.45) is 0 Å².